The standard InChI is InChI=1S/C25H20F3N5O2/c26-25(27,28)35-20-13-11-19(12-14-20)33-15-29-23(32-33)17-7-9-18(10-8-17)30-24(34)31-22-4-2-1-3-21(22)16-5-6-16/h1-4,7-16H,5-6H2,(H2,30,31,34). The number of carbonyl (C=O) groups excluding carboxylic acids is 1. The molecule has 1 aliphatic rings. The van der Waals surface area contributed by atoms with Crippen LogP contribution in [-0.2, 0) is 0 Å². The Balaban J connectivity index is 1.22. The molecule has 0 aliphatic heterocycles. The van der Waals surface area contributed by atoms with Crippen molar-refractivity contribution in [1.82, 2.24) is 14.8 Å². The van der Waals surface area contributed by atoms with Crippen LogP contribution in [0.2, 0.25) is 0 Å². The highest BCUT2D eigenvalue weighted by molar-refractivity contribution is 6.00. The lowest BCUT2D eigenvalue weighted by Gasteiger charge is -2.11. The number of urea groups is 1. The van der Waals surface area contributed by atoms with E-state index in [2.05, 4.69) is 25.5 Å². The molecule has 1 heterocycles. The molecule has 0 unspecified atom stereocenters. The Morgan fingerprint density at radius 2 is 1.66 bits per heavy atom. The van der Waals surface area contributed by atoms with Crippen molar-refractivity contribution in [2.45, 2.75) is 25.1 Å². The molecule has 1 aromatic heterocycles. The molecular formula is C25H20F3N5O2. The van der Waals surface area contributed by atoms with Gasteiger partial charge in [0.2, 0.25) is 0 Å². The molecule has 0 bridgehead atoms. The van der Waals surface area contributed by atoms with Gasteiger partial charge in [0, 0.05) is 16.9 Å². The van der Waals surface area contributed by atoms with E-state index in [1.807, 2.05) is 24.3 Å². The number of ether oxygens (including phenoxy) is 1. The topological polar surface area (TPSA) is 81.1 Å². The quantitative estimate of drug-likeness (QED) is 0.338. The van der Waals surface area contributed by atoms with E-state index in [0.29, 0.717) is 28.7 Å². The zero-order valence-electron chi connectivity index (χ0n) is 18.3. The fraction of sp³-hybridized carbons (Fsp3) is 0.160. The molecule has 0 radical (unpaired) electrons. The Morgan fingerprint density at radius 3 is 2.34 bits per heavy atom. The van der Waals surface area contributed by atoms with Gasteiger partial charge >= 0.3 is 12.4 Å². The summed E-state index contributed by atoms with van der Waals surface area (Å²) >= 11 is 0. The fourth-order valence-electron chi connectivity index (χ4n) is 3.67. The highest BCUT2D eigenvalue weighted by Crippen LogP contribution is 2.43. The first kappa shape index (κ1) is 22.5. The SMILES string of the molecule is O=C(Nc1ccc(-c2ncn(-c3ccc(OC(F)(F)F)cc3)n2)cc1)Nc1ccccc1C1CC1. The van der Waals surface area contributed by atoms with Crippen LogP contribution in [0.3, 0.4) is 0 Å². The van der Waals surface area contributed by atoms with Crippen molar-refractivity contribution in [1.29, 1.82) is 0 Å². The number of nitrogens with one attached hydrogen (secondary N) is 2. The molecule has 7 nitrogen and oxygen atoms in total. The molecule has 1 fully saturated rings. The molecule has 0 spiro atoms. The van der Waals surface area contributed by atoms with Crippen LogP contribution in [0.1, 0.15) is 24.3 Å². The van der Waals surface area contributed by atoms with E-state index >= 15 is 0 Å². The Hall–Kier alpha value is -4.34. The molecule has 4 aromatic rings. The Bertz CT molecular complexity index is 1330. The van der Waals surface area contributed by atoms with Crippen LogP contribution in [0.5, 0.6) is 5.75 Å². The number of benzene rings is 3. The first-order valence-electron chi connectivity index (χ1n) is 10.9. The number of anilines is 2. The van der Waals surface area contributed by atoms with E-state index < -0.39 is 6.36 Å². The van der Waals surface area contributed by atoms with Gasteiger partial charge in [0.15, 0.2) is 5.82 Å². The number of halogens is 3. The summed E-state index contributed by atoms with van der Waals surface area (Å²) in [7, 11) is 0. The fourth-order valence-corrected chi connectivity index (χ4v) is 3.67. The summed E-state index contributed by atoms with van der Waals surface area (Å²) in [5.41, 5.74) is 3.82. The van der Waals surface area contributed by atoms with Crippen molar-refractivity contribution < 1.29 is 22.7 Å². The van der Waals surface area contributed by atoms with Crippen LogP contribution in [0, 0.1) is 0 Å². The van der Waals surface area contributed by atoms with Gasteiger partial charge in [0.05, 0.1) is 5.69 Å². The van der Waals surface area contributed by atoms with Gasteiger partial charge in [0.25, 0.3) is 0 Å². The zero-order valence-corrected chi connectivity index (χ0v) is 18.3. The van der Waals surface area contributed by atoms with Crippen LogP contribution in [-0.4, -0.2) is 27.2 Å². The number of hydrogen-bond acceptors (Lipinski definition) is 4. The number of alkyl halides is 3. The number of amides is 2. The summed E-state index contributed by atoms with van der Waals surface area (Å²) in [5.74, 6) is 0.629. The third kappa shape index (κ3) is 5.60. The minimum Gasteiger partial charge on any atom is -0.406 e. The van der Waals surface area contributed by atoms with Gasteiger partial charge in [-0.05, 0) is 78.9 Å². The van der Waals surface area contributed by atoms with Crippen molar-refractivity contribution in [2.75, 3.05) is 10.6 Å². The summed E-state index contributed by atoms with van der Waals surface area (Å²) in [6, 6.07) is 19.8. The van der Waals surface area contributed by atoms with Gasteiger partial charge in [-0.25, -0.2) is 14.5 Å². The van der Waals surface area contributed by atoms with Crippen LogP contribution in [0.15, 0.2) is 79.1 Å². The van der Waals surface area contributed by atoms with Gasteiger partial charge in [-0.1, -0.05) is 18.2 Å². The molecule has 178 valence electrons. The molecule has 0 saturated heterocycles. The van der Waals surface area contributed by atoms with E-state index in [-0.39, 0.29) is 11.8 Å². The maximum atomic E-state index is 12.5. The summed E-state index contributed by atoms with van der Waals surface area (Å²) < 4.78 is 42.3. The average molecular weight is 479 g/mol. The third-order valence-corrected chi connectivity index (χ3v) is 5.45. The number of hydrogen-bond donors (Lipinski definition) is 2. The largest absolute Gasteiger partial charge is 0.573 e. The van der Waals surface area contributed by atoms with E-state index in [4.69, 9.17) is 0 Å². The van der Waals surface area contributed by atoms with Crippen molar-refractivity contribution in [3.63, 3.8) is 0 Å². The van der Waals surface area contributed by atoms with Gasteiger partial charge in [-0.15, -0.1) is 18.3 Å². The van der Waals surface area contributed by atoms with E-state index in [1.54, 1.807) is 24.3 Å². The molecular weight excluding hydrogens is 459 g/mol. The number of para-hydroxylation sites is 1. The average Bonchev–Trinajstić information content (AvgIpc) is 3.55. The van der Waals surface area contributed by atoms with E-state index in [1.165, 1.54) is 35.3 Å². The van der Waals surface area contributed by atoms with Crippen molar-refractivity contribution >= 4 is 17.4 Å². The molecule has 2 N–H and O–H groups in total. The Kier molecular flexibility index (Phi) is 5.86. The lowest BCUT2D eigenvalue weighted by Crippen LogP contribution is -2.20. The second-order valence-electron chi connectivity index (χ2n) is 8.07. The summed E-state index contributed by atoms with van der Waals surface area (Å²) in [5, 5.41) is 10.1. The van der Waals surface area contributed by atoms with E-state index in [9.17, 15) is 18.0 Å². The number of rotatable bonds is 6. The molecule has 10 heteroatoms. The minimum absolute atomic E-state index is 0.315. The van der Waals surface area contributed by atoms with E-state index in [0.717, 1.165) is 24.1 Å². The highest BCUT2D eigenvalue weighted by Gasteiger charge is 2.31. The summed E-state index contributed by atoms with van der Waals surface area (Å²) in [6.07, 6.45) is -0.997. The molecule has 1 aliphatic carbocycles. The van der Waals surface area contributed by atoms with Crippen LogP contribution in [0.4, 0.5) is 29.3 Å². The Labute approximate surface area is 198 Å². The second kappa shape index (κ2) is 9.13. The smallest absolute Gasteiger partial charge is 0.406 e. The predicted molar refractivity (Wildman–Crippen MR) is 125 cm³/mol. The number of carbonyl (C=O) groups is 1. The second-order valence-corrected chi connectivity index (χ2v) is 8.07. The normalized spacial score (nSPS) is 13.3. The molecule has 3 aromatic carbocycles. The first-order valence-corrected chi connectivity index (χ1v) is 10.9. The van der Waals surface area contributed by atoms with Crippen LogP contribution < -0.4 is 15.4 Å². The van der Waals surface area contributed by atoms with Gasteiger partial charge < -0.3 is 15.4 Å². The van der Waals surface area contributed by atoms with Crippen molar-refractivity contribution in [3.8, 4) is 22.8 Å². The number of nitrogens with zero attached hydrogens (tertiary/aromatic N) is 3. The van der Waals surface area contributed by atoms with Crippen molar-refractivity contribution in [3.05, 3.63) is 84.7 Å². The lowest BCUT2D eigenvalue weighted by atomic mass is 10.1. The molecule has 2 amide bonds. The maximum absolute atomic E-state index is 12.5. The first-order chi connectivity index (χ1) is 16.8. The lowest BCUT2D eigenvalue weighted by molar-refractivity contribution is -0.274. The molecule has 0 atom stereocenters. The van der Waals surface area contributed by atoms with Crippen LogP contribution >= 0.6 is 0 Å². The van der Waals surface area contributed by atoms with Crippen LogP contribution in [0.25, 0.3) is 17.1 Å². The number of aromatic nitrogens is 3. The monoisotopic (exact) mass is 479 g/mol. The maximum Gasteiger partial charge on any atom is 0.573 e. The Morgan fingerprint density at radius 1 is 0.943 bits per heavy atom. The van der Waals surface area contributed by atoms with Gasteiger partial charge in [0.1, 0.15) is 12.1 Å². The summed E-state index contributed by atoms with van der Waals surface area (Å²) in [6.45, 7) is 0. The predicted octanol–water partition coefficient (Wildman–Crippen LogP) is 6.35. The van der Waals surface area contributed by atoms with Gasteiger partial charge in [-0.3, -0.25) is 0 Å². The minimum atomic E-state index is -4.75. The molecule has 1 saturated carbocycles. The summed E-state index contributed by atoms with van der Waals surface area (Å²) in [4.78, 5) is 16.7. The van der Waals surface area contributed by atoms with Crippen molar-refractivity contribution in [2.24, 2.45) is 0 Å². The molecule has 5 rings (SSSR count). The molecule has 35 heavy (non-hydrogen) atoms. The third-order valence-electron chi connectivity index (χ3n) is 5.45. The highest BCUT2D eigenvalue weighted by atomic mass is 19.4. The van der Waals surface area contributed by atoms with Gasteiger partial charge in [-0.2, -0.15) is 0 Å². The zero-order chi connectivity index (χ0) is 24.4.